The number of nitrogens with zero attached hydrogens (tertiary/aromatic N) is 3. The van der Waals surface area contributed by atoms with Gasteiger partial charge in [0.1, 0.15) is 11.5 Å². The van der Waals surface area contributed by atoms with Crippen molar-refractivity contribution in [1.82, 2.24) is 9.80 Å². The van der Waals surface area contributed by atoms with Crippen LogP contribution in [0.5, 0.6) is 11.5 Å². The second-order valence-electron chi connectivity index (χ2n) is 7.60. The first kappa shape index (κ1) is 20.5. The van der Waals surface area contributed by atoms with E-state index in [0.29, 0.717) is 30.3 Å². The van der Waals surface area contributed by atoms with Gasteiger partial charge in [0.05, 0.1) is 25.8 Å². The third-order valence-electron chi connectivity index (χ3n) is 5.90. The number of amides is 2. The Kier molecular flexibility index (Phi) is 6.44. The fourth-order valence-electron chi connectivity index (χ4n) is 4.25. The van der Waals surface area contributed by atoms with Crippen LogP contribution in [0.25, 0.3) is 0 Å². The van der Waals surface area contributed by atoms with Crippen molar-refractivity contribution < 1.29 is 19.1 Å². The summed E-state index contributed by atoms with van der Waals surface area (Å²) in [6.07, 6.45) is 2.23. The van der Waals surface area contributed by atoms with E-state index in [9.17, 15) is 9.59 Å². The van der Waals surface area contributed by atoms with E-state index in [2.05, 4.69) is 11.9 Å². The van der Waals surface area contributed by atoms with Crippen LogP contribution in [-0.2, 0) is 9.59 Å². The molecule has 7 heteroatoms. The molecule has 28 heavy (non-hydrogen) atoms. The molecule has 1 atom stereocenters. The molecule has 154 valence electrons. The van der Waals surface area contributed by atoms with Crippen molar-refractivity contribution in [3.8, 4) is 11.5 Å². The molecule has 0 bridgehead atoms. The lowest BCUT2D eigenvalue weighted by atomic mass is 10.00. The standard InChI is InChI=1S/C21H31N3O4/c1-5-23(16-8-10-22(2)11-9-16)21(26)15-12-20(25)24(14-15)18-7-6-17(27-3)13-19(18)28-4/h6-7,13,15-16H,5,8-12,14H2,1-4H3. The fraction of sp³-hybridized carbons (Fsp3) is 0.619. The molecule has 1 unspecified atom stereocenters. The molecule has 7 nitrogen and oxygen atoms in total. The Bertz CT molecular complexity index is 716. The quantitative estimate of drug-likeness (QED) is 0.745. The zero-order valence-corrected chi connectivity index (χ0v) is 17.3. The van der Waals surface area contributed by atoms with E-state index >= 15 is 0 Å². The summed E-state index contributed by atoms with van der Waals surface area (Å²) in [5.74, 6) is 0.989. The summed E-state index contributed by atoms with van der Waals surface area (Å²) in [4.78, 5) is 31.9. The van der Waals surface area contributed by atoms with Crippen LogP contribution in [0.15, 0.2) is 18.2 Å². The summed E-state index contributed by atoms with van der Waals surface area (Å²) < 4.78 is 10.7. The molecule has 1 aromatic carbocycles. The van der Waals surface area contributed by atoms with E-state index in [-0.39, 0.29) is 30.2 Å². The maximum Gasteiger partial charge on any atom is 0.228 e. The van der Waals surface area contributed by atoms with Crippen molar-refractivity contribution in [2.75, 3.05) is 52.3 Å². The average molecular weight is 389 g/mol. The average Bonchev–Trinajstić information content (AvgIpc) is 3.10. The second-order valence-corrected chi connectivity index (χ2v) is 7.60. The Labute approximate surface area is 167 Å². The molecule has 2 heterocycles. The van der Waals surface area contributed by atoms with Crippen LogP contribution >= 0.6 is 0 Å². The third-order valence-corrected chi connectivity index (χ3v) is 5.90. The van der Waals surface area contributed by atoms with E-state index < -0.39 is 0 Å². The van der Waals surface area contributed by atoms with Gasteiger partial charge in [-0.25, -0.2) is 0 Å². The van der Waals surface area contributed by atoms with E-state index in [0.717, 1.165) is 25.9 Å². The predicted molar refractivity (Wildman–Crippen MR) is 108 cm³/mol. The third kappa shape index (κ3) is 4.09. The van der Waals surface area contributed by atoms with Crippen LogP contribution in [0.1, 0.15) is 26.2 Å². The normalized spacial score (nSPS) is 21.1. The highest BCUT2D eigenvalue weighted by Crippen LogP contribution is 2.36. The van der Waals surface area contributed by atoms with Crippen molar-refractivity contribution >= 4 is 17.5 Å². The molecule has 2 fully saturated rings. The van der Waals surface area contributed by atoms with Crippen molar-refractivity contribution in [2.24, 2.45) is 5.92 Å². The van der Waals surface area contributed by atoms with Crippen molar-refractivity contribution in [2.45, 2.75) is 32.2 Å². The van der Waals surface area contributed by atoms with Crippen molar-refractivity contribution in [3.63, 3.8) is 0 Å². The number of hydrogen-bond donors (Lipinski definition) is 0. The number of carbonyl (C=O) groups excluding carboxylic acids is 2. The van der Waals surface area contributed by atoms with Gasteiger partial charge in [0.2, 0.25) is 11.8 Å². The van der Waals surface area contributed by atoms with Crippen molar-refractivity contribution in [3.05, 3.63) is 18.2 Å². The highest BCUT2D eigenvalue weighted by molar-refractivity contribution is 6.01. The molecule has 0 spiro atoms. The number of ether oxygens (including phenoxy) is 2. The number of methoxy groups -OCH3 is 2. The molecule has 2 aliphatic heterocycles. The van der Waals surface area contributed by atoms with E-state index in [4.69, 9.17) is 9.47 Å². The molecular formula is C21H31N3O4. The predicted octanol–water partition coefficient (Wildman–Crippen LogP) is 2.00. The molecule has 0 aromatic heterocycles. The first-order chi connectivity index (χ1) is 13.5. The lowest BCUT2D eigenvalue weighted by molar-refractivity contribution is -0.138. The minimum Gasteiger partial charge on any atom is -0.497 e. The highest BCUT2D eigenvalue weighted by atomic mass is 16.5. The summed E-state index contributed by atoms with van der Waals surface area (Å²) in [6, 6.07) is 5.65. The Morgan fingerprint density at radius 2 is 1.93 bits per heavy atom. The molecule has 1 aromatic rings. The number of hydrogen-bond acceptors (Lipinski definition) is 5. The van der Waals surface area contributed by atoms with Gasteiger partial charge in [-0.3, -0.25) is 9.59 Å². The van der Waals surface area contributed by atoms with Crippen LogP contribution < -0.4 is 14.4 Å². The first-order valence-electron chi connectivity index (χ1n) is 9.99. The number of piperidine rings is 1. The Morgan fingerprint density at radius 1 is 1.21 bits per heavy atom. The van der Waals surface area contributed by atoms with Gasteiger partial charge < -0.3 is 24.2 Å². The largest absolute Gasteiger partial charge is 0.497 e. The van der Waals surface area contributed by atoms with Crippen molar-refractivity contribution in [1.29, 1.82) is 0 Å². The van der Waals surface area contributed by atoms with Gasteiger partial charge in [-0.05, 0) is 52.0 Å². The van der Waals surface area contributed by atoms with Crippen LogP contribution in [0.3, 0.4) is 0 Å². The summed E-state index contributed by atoms with van der Waals surface area (Å²) >= 11 is 0. The van der Waals surface area contributed by atoms with E-state index in [1.165, 1.54) is 0 Å². The molecule has 2 saturated heterocycles. The SMILES string of the molecule is CCN(C(=O)C1CC(=O)N(c2ccc(OC)cc2OC)C1)C1CCN(C)CC1. The van der Waals surface area contributed by atoms with Crippen LogP contribution in [0.2, 0.25) is 0 Å². The van der Waals surface area contributed by atoms with Gasteiger partial charge >= 0.3 is 0 Å². The number of rotatable bonds is 6. The van der Waals surface area contributed by atoms with Gasteiger partial charge in [0, 0.05) is 31.6 Å². The monoisotopic (exact) mass is 389 g/mol. The topological polar surface area (TPSA) is 62.3 Å². The van der Waals surface area contributed by atoms with Gasteiger partial charge in [0.25, 0.3) is 0 Å². The number of anilines is 1. The summed E-state index contributed by atoms with van der Waals surface area (Å²) in [6.45, 7) is 5.12. The molecule has 0 N–H and O–H groups in total. The molecule has 2 aliphatic rings. The summed E-state index contributed by atoms with van der Waals surface area (Å²) in [5, 5.41) is 0. The molecule has 0 radical (unpaired) electrons. The maximum absolute atomic E-state index is 13.2. The summed E-state index contributed by atoms with van der Waals surface area (Å²) in [5.41, 5.74) is 0.686. The number of carbonyl (C=O) groups is 2. The Balaban J connectivity index is 1.74. The summed E-state index contributed by atoms with van der Waals surface area (Å²) in [7, 11) is 5.27. The highest BCUT2D eigenvalue weighted by Gasteiger charge is 2.39. The number of benzene rings is 1. The van der Waals surface area contributed by atoms with Crippen LogP contribution in [-0.4, -0.2) is 75.1 Å². The van der Waals surface area contributed by atoms with Gasteiger partial charge in [0.15, 0.2) is 0 Å². The minimum atomic E-state index is -0.307. The van der Waals surface area contributed by atoms with E-state index in [1.54, 1.807) is 31.3 Å². The first-order valence-corrected chi connectivity index (χ1v) is 9.99. The molecule has 2 amide bonds. The minimum absolute atomic E-state index is 0.0405. The van der Waals surface area contributed by atoms with Crippen LogP contribution in [0, 0.1) is 5.92 Å². The Morgan fingerprint density at radius 3 is 2.54 bits per heavy atom. The smallest absolute Gasteiger partial charge is 0.228 e. The zero-order valence-electron chi connectivity index (χ0n) is 17.3. The molecule has 0 saturated carbocycles. The van der Waals surface area contributed by atoms with Gasteiger partial charge in [-0.15, -0.1) is 0 Å². The van der Waals surface area contributed by atoms with Gasteiger partial charge in [-0.1, -0.05) is 0 Å². The maximum atomic E-state index is 13.2. The zero-order chi connectivity index (χ0) is 20.3. The molecular weight excluding hydrogens is 358 g/mol. The van der Waals surface area contributed by atoms with E-state index in [1.807, 2.05) is 17.9 Å². The second kappa shape index (κ2) is 8.82. The van der Waals surface area contributed by atoms with Crippen LogP contribution in [0.4, 0.5) is 5.69 Å². The molecule has 3 rings (SSSR count). The lowest BCUT2D eigenvalue weighted by Gasteiger charge is -2.38. The fourth-order valence-corrected chi connectivity index (χ4v) is 4.25. The number of likely N-dealkylation sites (tertiary alicyclic amines) is 1. The lowest BCUT2D eigenvalue weighted by Crippen LogP contribution is -2.48. The Hall–Kier alpha value is -2.28. The molecule has 0 aliphatic carbocycles. The van der Waals surface area contributed by atoms with Gasteiger partial charge in [-0.2, -0.15) is 0 Å².